The molecule has 0 heterocycles. The summed E-state index contributed by atoms with van der Waals surface area (Å²) in [4.78, 5) is 0. The Labute approximate surface area is 101 Å². The van der Waals surface area contributed by atoms with Crippen LogP contribution in [-0.2, 0) is 6.42 Å². The third-order valence-electron chi connectivity index (χ3n) is 2.39. The summed E-state index contributed by atoms with van der Waals surface area (Å²) in [5.74, 6) is 0. The van der Waals surface area contributed by atoms with Crippen molar-refractivity contribution in [1.82, 2.24) is 0 Å². The summed E-state index contributed by atoms with van der Waals surface area (Å²) in [6, 6.07) is 5.75. The molecule has 84 valence electrons. The normalized spacial score (nSPS) is 10.6. The molecule has 3 heteroatoms. The van der Waals surface area contributed by atoms with Crippen molar-refractivity contribution in [3.8, 4) is 0 Å². The van der Waals surface area contributed by atoms with Crippen LogP contribution in [0.4, 0.5) is 0 Å². The van der Waals surface area contributed by atoms with Gasteiger partial charge in [0.2, 0.25) is 0 Å². The summed E-state index contributed by atoms with van der Waals surface area (Å²) < 4.78 is 0. The summed E-state index contributed by atoms with van der Waals surface area (Å²) in [6.45, 7) is 0.290. The Kier molecular flexibility index (Phi) is 6.07. The lowest BCUT2D eigenvalue weighted by molar-refractivity contribution is 0.282. The van der Waals surface area contributed by atoms with Gasteiger partial charge in [-0.25, -0.2) is 0 Å². The summed E-state index contributed by atoms with van der Waals surface area (Å²) in [5, 5.41) is 9.94. The number of hydrogen-bond donors (Lipinski definition) is 1. The molecule has 0 aromatic heterocycles. The van der Waals surface area contributed by atoms with E-state index in [0.717, 1.165) is 37.7 Å². The SMILES string of the molecule is OCCCCCCc1cccc(Cl)c1Cl. The van der Waals surface area contributed by atoms with Crippen LogP contribution in [0.1, 0.15) is 31.2 Å². The van der Waals surface area contributed by atoms with Gasteiger partial charge in [-0.15, -0.1) is 0 Å². The maximum absolute atomic E-state index is 8.62. The van der Waals surface area contributed by atoms with Crippen LogP contribution in [0.3, 0.4) is 0 Å². The highest BCUT2D eigenvalue weighted by atomic mass is 35.5. The van der Waals surface area contributed by atoms with Crippen molar-refractivity contribution >= 4 is 23.2 Å². The first-order valence-electron chi connectivity index (χ1n) is 5.29. The molecule has 15 heavy (non-hydrogen) atoms. The van der Waals surface area contributed by atoms with Crippen LogP contribution in [0.2, 0.25) is 10.0 Å². The monoisotopic (exact) mass is 246 g/mol. The average molecular weight is 247 g/mol. The molecular weight excluding hydrogens is 231 g/mol. The van der Waals surface area contributed by atoms with Crippen LogP contribution in [0.25, 0.3) is 0 Å². The van der Waals surface area contributed by atoms with Crippen LogP contribution < -0.4 is 0 Å². The summed E-state index contributed by atoms with van der Waals surface area (Å²) >= 11 is 12.0. The molecule has 0 spiro atoms. The number of hydrogen-bond acceptors (Lipinski definition) is 1. The predicted molar refractivity (Wildman–Crippen MR) is 65.7 cm³/mol. The maximum Gasteiger partial charge on any atom is 0.0624 e. The van der Waals surface area contributed by atoms with Gasteiger partial charge in [0.05, 0.1) is 10.0 Å². The zero-order chi connectivity index (χ0) is 11.1. The molecular formula is C12H16Cl2O. The van der Waals surface area contributed by atoms with Gasteiger partial charge in [-0.1, -0.05) is 48.2 Å². The van der Waals surface area contributed by atoms with Gasteiger partial charge in [0.1, 0.15) is 0 Å². The first-order valence-corrected chi connectivity index (χ1v) is 6.05. The van der Waals surface area contributed by atoms with E-state index in [1.54, 1.807) is 6.07 Å². The molecule has 1 aromatic carbocycles. The zero-order valence-electron chi connectivity index (χ0n) is 8.68. The molecule has 0 saturated carbocycles. The highest BCUT2D eigenvalue weighted by Gasteiger charge is 2.03. The van der Waals surface area contributed by atoms with Crippen molar-refractivity contribution < 1.29 is 5.11 Å². The van der Waals surface area contributed by atoms with E-state index in [9.17, 15) is 0 Å². The molecule has 0 atom stereocenters. The topological polar surface area (TPSA) is 20.2 Å². The van der Waals surface area contributed by atoms with Crippen LogP contribution >= 0.6 is 23.2 Å². The van der Waals surface area contributed by atoms with Crippen molar-refractivity contribution in [1.29, 1.82) is 0 Å². The number of unbranched alkanes of at least 4 members (excludes halogenated alkanes) is 3. The van der Waals surface area contributed by atoms with Crippen molar-refractivity contribution in [3.05, 3.63) is 33.8 Å². The highest BCUT2D eigenvalue weighted by Crippen LogP contribution is 2.26. The lowest BCUT2D eigenvalue weighted by Gasteiger charge is -2.05. The number of benzene rings is 1. The van der Waals surface area contributed by atoms with Crippen molar-refractivity contribution in [2.24, 2.45) is 0 Å². The van der Waals surface area contributed by atoms with E-state index in [1.807, 2.05) is 12.1 Å². The molecule has 1 rings (SSSR count). The smallest absolute Gasteiger partial charge is 0.0624 e. The average Bonchev–Trinajstić information content (AvgIpc) is 2.24. The Morgan fingerprint density at radius 2 is 1.73 bits per heavy atom. The molecule has 1 nitrogen and oxygen atoms in total. The second-order valence-electron chi connectivity index (χ2n) is 3.60. The fourth-order valence-electron chi connectivity index (χ4n) is 1.52. The van der Waals surface area contributed by atoms with E-state index >= 15 is 0 Å². The van der Waals surface area contributed by atoms with E-state index in [-0.39, 0.29) is 6.61 Å². The van der Waals surface area contributed by atoms with Gasteiger partial charge in [0, 0.05) is 6.61 Å². The van der Waals surface area contributed by atoms with Gasteiger partial charge in [-0.2, -0.15) is 0 Å². The molecule has 0 saturated heterocycles. The Bertz CT molecular complexity index is 300. The van der Waals surface area contributed by atoms with Gasteiger partial charge >= 0.3 is 0 Å². The fraction of sp³-hybridized carbons (Fsp3) is 0.500. The Balaban J connectivity index is 2.34. The maximum atomic E-state index is 8.62. The predicted octanol–water partition coefficient (Wildman–Crippen LogP) is 4.09. The van der Waals surface area contributed by atoms with Gasteiger partial charge < -0.3 is 5.11 Å². The zero-order valence-corrected chi connectivity index (χ0v) is 10.2. The molecule has 0 aliphatic carbocycles. The minimum atomic E-state index is 0.290. The largest absolute Gasteiger partial charge is 0.396 e. The third-order valence-corrected chi connectivity index (χ3v) is 3.24. The number of rotatable bonds is 6. The lowest BCUT2D eigenvalue weighted by atomic mass is 10.1. The summed E-state index contributed by atoms with van der Waals surface area (Å²) in [6.07, 6.45) is 5.16. The van der Waals surface area contributed by atoms with E-state index < -0.39 is 0 Å². The van der Waals surface area contributed by atoms with Crippen LogP contribution in [0.15, 0.2) is 18.2 Å². The van der Waals surface area contributed by atoms with E-state index in [0.29, 0.717) is 10.0 Å². The van der Waals surface area contributed by atoms with Gasteiger partial charge in [0.15, 0.2) is 0 Å². The summed E-state index contributed by atoms with van der Waals surface area (Å²) in [5.41, 5.74) is 1.12. The minimum Gasteiger partial charge on any atom is -0.396 e. The Hall–Kier alpha value is -0.240. The molecule has 0 aliphatic rings. The van der Waals surface area contributed by atoms with E-state index in [2.05, 4.69) is 0 Å². The molecule has 0 radical (unpaired) electrons. The lowest BCUT2D eigenvalue weighted by Crippen LogP contribution is -1.89. The standard InChI is InChI=1S/C12H16Cl2O/c13-11-8-5-7-10(12(11)14)6-3-1-2-4-9-15/h5,7-8,15H,1-4,6,9H2. The summed E-state index contributed by atoms with van der Waals surface area (Å²) in [7, 11) is 0. The van der Waals surface area contributed by atoms with Crippen molar-refractivity contribution in [3.63, 3.8) is 0 Å². The van der Waals surface area contributed by atoms with Gasteiger partial charge in [-0.05, 0) is 30.9 Å². The second-order valence-corrected chi connectivity index (χ2v) is 4.39. The quantitative estimate of drug-likeness (QED) is 0.750. The molecule has 1 aromatic rings. The third kappa shape index (κ3) is 4.42. The molecule has 0 aliphatic heterocycles. The Morgan fingerprint density at radius 3 is 2.47 bits per heavy atom. The highest BCUT2D eigenvalue weighted by molar-refractivity contribution is 6.42. The van der Waals surface area contributed by atoms with Gasteiger partial charge in [0.25, 0.3) is 0 Å². The van der Waals surface area contributed by atoms with Crippen molar-refractivity contribution in [2.75, 3.05) is 6.61 Å². The number of aryl methyl sites for hydroxylation is 1. The Morgan fingerprint density at radius 1 is 1.00 bits per heavy atom. The number of halogens is 2. The molecule has 0 fully saturated rings. The van der Waals surface area contributed by atoms with E-state index in [4.69, 9.17) is 28.3 Å². The fourth-order valence-corrected chi connectivity index (χ4v) is 1.94. The second kappa shape index (κ2) is 7.10. The van der Waals surface area contributed by atoms with E-state index in [1.165, 1.54) is 0 Å². The minimum absolute atomic E-state index is 0.290. The first-order chi connectivity index (χ1) is 7.25. The molecule has 1 N–H and O–H groups in total. The number of aliphatic hydroxyl groups is 1. The van der Waals surface area contributed by atoms with Crippen LogP contribution in [-0.4, -0.2) is 11.7 Å². The molecule has 0 amide bonds. The van der Waals surface area contributed by atoms with Crippen LogP contribution in [0.5, 0.6) is 0 Å². The number of aliphatic hydroxyl groups excluding tert-OH is 1. The first kappa shape index (κ1) is 12.8. The van der Waals surface area contributed by atoms with Crippen LogP contribution in [0, 0.1) is 0 Å². The molecule has 0 unspecified atom stereocenters. The molecule has 0 bridgehead atoms. The van der Waals surface area contributed by atoms with Gasteiger partial charge in [-0.3, -0.25) is 0 Å². The van der Waals surface area contributed by atoms with Crippen molar-refractivity contribution in [2.45, 2.75) is 32.1 Å².